The Balaban J connectivity index is 3.03. The molecule has 0 aliphatic heterocycles. The third-order valence-electron chi connectivity index (χ3n) is 3.00. The molecule has 7 nitrogen and oxygen atoms in total. The van der Waals surface area contributed by atoms with Gasteiger partial charge in [0.25, 0.3) is 5.69 Å². The molecule has 21 heavy (non-hydrogen) atoms. The average Bonchev–Trinajstić information content (AvgIpc) is 2.40. The van der Waals surface area contributed by atoms with Crippen LogP contribution in [-0.4, -0.2) is 25.1 Å². The summed E-state index contributed by atoms with van der Waals surface area (Å²) in [5.41, 5.74) is 0.169. The molecular formula is C12H11BrN2O5S. The van der Waals surface area contributed by atoms with Crippen LogP contribution in [0.3, 0.4) is 0 Å². The van der Waals surface area contributed by atoms with Gasteiger partial charge >= 0.3 is 0 Å². The van der Waals surface area contributed by atoms with Crippen LogP contribution in [0.4, 0.5) is 5.69 Å². The summed E-state index contributed by atoms with van der Waals surface area (Å²) in [6, 6.07) is 5.49. The first-order chi connectivity index (χ1) is 9.77. The van der Waals surface area contributed by atoms with Gasteiger partial charge in [-0.1, -0.05) is 12.1 Å². The number of nitro groups is 1. The molecule has 0 bridgehead atoms. The fourth-order valence-corrected chi connectivity index (χ4v) is 3.58. The Morgan fingerprint density at radius 1 is 1.38 bits per heavy atom. The minimum Gasteiger partial charge on any atom is -0.396 e. The van der Waals surface area contributed by atoms with E-state index in [1.54, 1.807) is 6.07 Å². The number of benzene rings is 2. The summed E-state index contributed by atoms with van der Waals surface area (Å²) < 4.78 is 24.0. The van der Waals surface area contributed by atoms with Crippen LogP contribution in [0.25, 0.3) is 10.8 Å². The quantitative estimate of drug-likeness (QED) is 0.622. The summed E-state index contributed by atoms with van der Waals surface area (Å²) in [4.78, 5) is 10.2. The molecule has 0 aromatic heterocycles. The summed E-state index contributed by atoms with van der Waals surface area (Å²) >= 11 is 3.30. The van der Waals surface area contributed by atoms with E-state index in [2.05, 4.69) is 15.9 Å². The van der Waals surface area contributed by atoms with Crippen molar-refractivity contribution in [2.24, 2.45) is 5.14 Å². The lowest BCUT2D eigenvalue weighted by Crippen LogP contribution is -2.14. The molecule has 0 unspecified atom stereocenters. The van der Waals surface area contributed by atoms with Crippen molar-refractivity contribution in [3.63, 3.8) is 0 Å². The first-order valence-corrected chi connectivity index (χ1v) is 8.13. The maximum absolute atomic E-state index is 11.8. The number of primary sulfonamides is 1. The third kappa shape index (κ3) is 2.91. The zero-order valence-corrected chi connectivity index (χ0v) is 13.0. The fourth-order valence-electron chi connectivity index (χ4n) is 2.13. The molecular weight excluding hydrogens is 364 g/mol. The number of nitrogens with two attached hydrogens (primary N) is 1. The second kappa shape index (κ2) is 5.68. The lowest BCUT2D eigenvalue weighted by atomic mass is 10.0. The largest absolute Gasteiger partial charge is 0.396 e. The Labute approximate surface area is 128 Å². The number of nitro benzene ring substituents is 1. The number of halogens is 1. The molecule has 2 rings (SSSR count). The van der Waals surface area contributed by atoms with Gasteiger partial charge in [0.2, 0.25) is 10.0 Å². The van der Waals surface area contributed by atoms with E-state index in [-0.39, 0.29) is 29.0 Å². The van der Waals surface area contributed by atoms with Crippen LogP contribution in [0.2, 0.25) is 0 Å². The highest BCUT2D eigenvalue weighted by Gasteiger charge is 2.24. The van der Waals surface area contributed by atoms with E-state index < -0.39 is 14.9 Å². The van der Waals surface area contributed by atoms with Gasteiger partial charge in [-0.25, -0.2) is 13.6 Å². The lowest BCUT2D eigenvalue weighted by Gasteiger charge is -2.11. The fraction of sp³-hybridized carbons (Fsp3) is 0.167. The molecule has 2 aromatic carbocycles. The van der Waals surface area contributed by atoms with E-state index in [1.165, 1.54) is 18.2 Å². The topological polar surface area (TPSA) is 124 Å². The van der Waals surface area contributed by atoms with Crippen LogP contribution < -0.4 is 5.14 Å². The molecule has 0 radical (unpaired) electrons. The van der Waals surface area contributed by atoms with Crippen molar-refractivity contribution in [1.29, 1.82) is 0 Å². The second-order valence-corrected chi connectivity index (χ2v) is 6.65. The molecule has 0 amide bonds. The molecule has 0 fully saturated rings. The minimum atomic E-state index is -4.15. The molecule has 0 saturated heterocycles. The number of aliphatic hydroxyl groups excluding tert-OH is 1. The summed E-state index contributed by atoms with van der Waals surface area (Å²) in [5.74, 6) is 0. The van der Waals surface area contributed by atoms with Gasteiger partial charge < -0.3 is 5.11 Å². The molecule has 0 spiro atoms. The number of sulfonamides is 1. The van der Waals surface area contributed by atoms with Crippen LogP contribution in [0, 0.1) is 10.1 Å². The minimum absolute atomic E-state index is 0.0430. The molecule has 3 N–H and O–H groups in total. The number of hydrogen-bond donors (Lipinski definition) is 2. The average molecular weight is 375 g/mol. The van der Waals surface area contributed by atoms with Gasteiger partial charge in [0, 0.05) is 22.5 Å². The van der Waals surface area contributed by atoms with Gasteiger partial charge in [-0.15, -0.1) is 0 Å². The smallest absolute Gasteiger partial charge is 0.278 e. The van der Waals surface area contributed by atoms with Crippen molar-refractivity contribution in [1.82, 2.24) is 0 Å². The van der Waals surface area contributed by atoms with E-state index in [9.17, 15) is 18.5 Å². The van der Waals surface area contributed by atoms with E-state index in [4.69, 9.17) is 10.2 Å². The highest BCUT2D eigenvalue weighted by Crippen LogP contribution is 2.37. The zero-order valence-electron chi connectivity index (χ0n) is 10.6. The number of rotatable bonds is 4. The summed E-state index contributed by atoms with van der Waals surface area (Å²) in [6.45, 7) is -0.191. The van der Waals surface area contributed by atoms with Crippen molar-refractivity contribution in [2.45, 2.75) is 11.3 Å². The maximum Gasteiger partial charge on any atom is 0.278 e. The van der Waals surface area contributed by atoms with Crippen molar-refractivity contribution in [3.8, 4) is 0 Å². The number of nitrogens with zero attached hydrogens (tertiary/aromatic N) is 1. The Kier molecular flexibility index (Phi) is 4.28. The van der Waals surface area contributed by atoms with Gasteiger partial charge in [0.15, 0.2) is 0 Å². The number of non-ortho nitro benzene ring substituents is 1. The Bertz CT molecular complexity index is 835. The van der Waals surface area contributed by atoms with E-state index in [0.717, 1.165) is 0 Å². The molecule has 0 heterocycles. The molecule has 0 saturated carbocycles. The molecule has 9 heteroatoms. The van der Waals surface area contributed by atoms with E-state index in [0.29, 0.717) is 15.4 Å². The second-order valence-electron chi connectivity index (χ2n) is 4.32. The number of fused-ring (bicyclic) bond motifs is 1. The predicted molar refractivity (Wildman–Crippen MR) is 80.5 cm³/mol. The van der Waals surface area contributed by atoms with Gasteiger partial charge in [-0.3, -0.25) is 10.1 Å². The number of aliphatic hydroxyl groups is 1. The molecule has 0 aliphatic rings. The lowest BCUT2D eigenvalue weighted by molar-refractivity contribution is -0.383. The summed E-state index contributed by atoms with van der Waals surface area (Å²) in [7, 11) is -4.15. The SMILES string of the molecule is NS(=O)(=O)c1cc(CCO)c(Br)c2cccc([N+](=O)[O-])c12. The third-order valence-corrected chi connectivity index (χ3v) is 4.87. The van der Waals surface area contributed by atoms with Crippen molar-refractivity contribution < 1.29 is 18.4 Å². The summed E-state index contributed by atoms with van der Waals surface area (Å²) in [6.07, 6.45) is 0.196. The monoisotopic (exact) mass is 374 g/mol. The van der Waals surface area contributed by atoms with Crippen LogP contribution >= 0.6 is 15.9 Å². The Morgan fingerprint density at radius 2 is 2.05 bits per heavy atom. The number of hydrogen-bond acceptors (Lipinski definition) is 5. The highest BCUT2D eigenvalue weighted by molar-refractivity contribution is 9.10. The molecule has 2 aromatic rings. The van der Waals surface area contributed by atoms with E-state index in [1.807, 2.05) is 0 Å². The van der Waals surface area contributed by atoms with Crippen LogP contribution in [0.15, 0.2) is 33.6 Å². The maximum atomic E-state index is 11.8. The summed E-state index contributed by atoms with van der Waals surface area (Å²) in [5, 5.41) is 25.7. The Morgan fingerprint density at radius 3 is 2.57 bits per heavy atom. The first-order valence-electron chi connectivity index (χ1n) is 5.79. The van der Waals surface area contributed by atoms with Crippen molar-refractivity contribution >= 4 is 42.4 Å². The van der Waals surface area contributed by atoms with Crippen LogP contribution in [0.1, 0.15) is 5.56 Å². The van der Waals surface area contributed by atoms with Crippen LogP contribution in [0.5, 0.6) is 0 Å². The van der Waals surface area contributed by atoms with Gasteiger partial charge in [-0.05, 0) is 34.0 Å². The van der Waals surface area contributed by atoms with Crippen LogP contribution in [-0.2, 0) is 16.4 Å². The zero-order chi connectivity index (χ0) is 15.8. The highest BCUT2D eigenvalue weighted by atomic mass is 79.9. The van der Waals surface area contributed by atoms with Gasteiger partial charge in [-0.2, -0.15) is 0 Å². The van der Waals surface area contributed by atoms with Gasteiger partial charge in [0.1, 0.15) is 0 Å². The van der Waals surface area contributed by atoms with Crippen molar-refractivity contribution in [3.05, 3.63) is 44.4 Å². The van der Waals surface area contributed by atoms with E-state index >= 15 is 0 Å². The molecule has 0 aliphatic carbocycles. The van der Waals surface area contributed by atoms with Gasteiger partial charge in [0.05, 0.1) is 15.2 Å². The standard InChI is InChI=1S/C12H11BrN2O5S/c13-12-7(4-5-16)6-10(21(14,19)20)11-8(12)2-1-3-9(11)15(17)18/h1-3,6,16H,4-5H2,(H2,14,19,20). The first kappa shape index (κ1) is 15.8. The molecule has 0 atom stereocenters. The Hall–Kier alpha value is -1.55. The molecule has 112 valence electrons. The van der Waals surface area contributed by atoms with Crippen molar-refractivity contribution in [2.75, 3.05) is 6.61 Å². The normalized spacial score (nSPS) is 11.8. The predicted octanol–water partition coefficient (Wildman–Crippen LogP) is 1.69.